The van der Waals surface area contributed by atoms with E-state index in [9.17, 15) is 0 Å². The molecule has 20 heavy (non-hydrogen) atoms. The van der Waals surface area contributed by atoms with E-state index in [1.807, 2.05) is 23.9 Å². The van der Waals surface area contributed by atoms with Gasteiger partial charge in [0.2, 0.25) is 0 Å². The Morgan fingerprint density at radius 1 is 1.25 bits per heavy atom. The van der Waals surface area contributed by atoms with Gasteiger partial charge < -0.3 is 4.57 Å². The number of rotatable bonds is 4. The Hall–Kier alpha value is -0.230. The fraction of sp³-hybridized carbons (Fsp3) is 0.500. The molecule has 0 spiro atoms. The molecule has 0 saturated carbocycles. The number of benzene rings is 1. The number of thioether (sulfide) groups is 1. The molecule has 1 fully saturated rings. The van der Waals surface area contributed by atoms with Crippen LogP contribution in [0.2, 0.25) is 0 Å². The summed E-state index contributed by atoms with van der Waals surface area (Å²) in [6.07, 6.45) is 0. The van der Waals surface area contributed by atoms with E-state index in [1.54, 1.807) is 0 Å². The molecule has 1 aromatic carbocycles. The SMILES string of the molecule is ClCc1nc2ccc(Br)cc2n1CCN1CCSCC1. The van der Waals surface area contributed by atoms with Crippen molar-refractivity contribution in [1.82, 2.24) is 14.5 Å². The van der Waals surface area contributed by atoms with Crippen LogP contribution in [0.4, 0.5) is 0 Å². The fourth-order valence-electron chi connectivity index (χ4n) is 2.56. The molecule has 2 heterocycles. The minimum Gasteiger partial charge on any atom is -0.326 e. The van der Waals surface area contributed by atoms with Gasteiger partial charge in [-0.1, -0.05) is 15.9 Å². The third-order valence-electron chi connectivity index (χ3n) is 3.65. The van der Waals surface area contributed by atoms with Crippen molar-refractivity contribution in [3.05, 3.63) is 28.5 Å². The first kappa shape index (κ1) is 14.7. The summed E-state index contributed by atoms with van der Waals surface area (Å²) in [5, 5.41) is 0. The maximum atomic E-state index is 6.05. The number of nitrogens with zero attached hydrogens (tertiary/aromatic N) is 3. The van der Waals surface area contributed by atoms with E-state index in [0.717, 1.165) is 28.9 Å². The summed E-state index contributed by atoms with van der Waals surface area (Å²) in [4.78, 5) is 7.15. The molecule has 0 radical (unpaired) electrons. The Balaban J connectivity index is 1.83. The highest BCUT2D eigenvalue weighted by Crippen LogP contribution is 2.22. The van der Waals surface area contributed by atoms with Crippen molar-refractivity contribution in [3.8, 4) is 0 Å². The molecule has 0 atom stereocenters. The molecule has 1 aromatic heterocycles. The van der Waals surface area contributed by atoms with Gasteiger partial charge >= 0.3 is 0 Å². The van der Waals surface area contributed by atoms with Crippen LogP contribution in [0.1, 0.15) is 5.82 Å². The second-order valence-corrected chi connectivity index (χ2v) is 7.31. The number of aromatic nitrogens is 2. The highest BCUT2D eigenvalue weighted by molar-refractivity contribution is 9.10. The first-order valence-electron chi connectivity index (χ1n) is 6.78. The zero-order chi connectivity index (χ0) is 13.9. The fourth-order valence-corrected chi connectivity index (χ4v) is 4.10. The van der Waals surface area contributed by atoms with Gasteiger partial charge in [0.15, 0.2) is 0 Å². The van der Waals surface area contributed by atoms with E-state index in [-0.39, 0.29) is 0 Å². The molecule has 108 valence electrons. The van der Waals surface area contributed by atoms with Crippen LogP contribution in [0.3, 0.4) is 0 Å². The lowest BCUT2D eigenvalue weighted by molar-refractivity contribution is 0.290. The summed E-state index contributed by atoms with van der Waals surface area (Å²) in [6.45, 7) is 4.41. The van der Waals surface area contributed by atoms with Crippen molar-refractivity contribution in [2.24, 2.45) is 0 Å². The number of fused-ring (bicyclic) bond motifs is 1. The standard InChI is InChI=1S/C14H17BrClN3S/c15-11-1-2-12-13(9-11)19(14(10-16)17-12)4-3-18-5-7-20-8-6-18/h1-2,9H,3-8,10H2. The zero-order valence-corrected chi connectivity index (χ0v) is 14.3. The molecule has 6 heteroatoms. The van der Waals surface area contributed by atoms with E-state index >= 15 is 0 Å². The third kappa shape index (κ3) is 3.16. The third-order valence-corrected chi connectivity index (χ3v) is 5.33. The lowest BCUT2D eigenvalue weighted by Crippen LogP contribution is -2.35. The van der Waals surface area contributed by atoms with Crippen molar-refractivity contribution in [2.45, 2.75) is 12.4 Å². The Kier molecular flexibility index (Phi) is 4.91. The van der Waals surface area contributed by atoms with Crippen LogP contribution in [-0.2, 0) is 12.4 Å². The van der Waals surface area contributed by atoms with Gasteiger partial charge in [-0.2, -0.15) is 11.8 Å². The van der Waals surface area contributed by atoms with Crippen LogP contribution in [0.5, 0.6) is 0 Å². The Labute approximate surface area is 136 Å². The largest absolute Gasteiger partial charge is 0.326 e. The van der Waals surface area contributed by atoms with Gasteiger partial charge in [-0.3, -0.25) is 4.90 Å². The molecule has 2 aromatic rings. The van der Waals surface area contributed by atoms with E-state index in [4.69, 9.17) is 11.6 Å². The number of hydrogen-bond acceptors (Lipinski definition) is 3. The average Bonchev–Trinajstić information content (AvgIpc) is 2.83. The van der Waals surface area contributed by atoms with Gasteiger partial charge in [0, 0.05) is 42.2 Å². The molecule has 3 nitrogen and oxygen atoms in total. The molecular weight excluding hydrogens is 358 g/mol. The molecule has 1 saturated heterocycles. The van der Waals surface area contributed by atoms with Crippen LogP contribution in [-0.4, -0.2) is 45.6 Å². The Bertz CT molecular complexity index is 595. The summed E-state index contributed by atoms with van der Waals surface area (Å²) in [5.41, 5.74) is 2.19. The average molecular weight is 375 g/mol. The van der Waals surface area contributed by atoms with Gasteiger partial charge in [0.05, 0.1) is 16.9 Å². The number of imidazole rings is 1. The molecule has 3 rings (SSSR count). The van der Waals surface area contributed by atoms with E-state index in [1.165, 1.54) is 30.1 Å². The summed E-state index contributed by atoms with van der Waals surface area (Å²) in [7, 11) is 0. The monoisotopic (exact) mass is 373 g/mol. The molecule has 0 aliphatic carbocycles. The predicted molar refractivity (Wildman–Crippen MR) is 90.8 cm³/mol. The quantitative estimate of drug-likeness (QED) is 0.763. The van der Waals surface area contributed by atoms with Crippen LogP contribution < -0.4 is 0 Å². The van der Waals surface area contributed by atoms with E-state index < -0.39 is 0 Å². The van der Waals surface area contributed by atoms with Crippen molar-refractivity contribution >= 4 is 50.3 Å². The number of hydrogen-bond donors (Lipinski definition) is 0. The van der Waals surface area contributed by atoms with Crippen molar-refractivity contribution in [3.63, 3.8) is 0 Å². The smallest absolute Gasteiger partial charge is 0.124 e. The molecule has 1 aliphatic rings. The van der Waals surface area contributed by atoms with Gasteiger partial charge in [-0.15, -0.1) is 11.6 Å². The van der Waals surface area contributed by atoms with Crippen LogP contribution in [0, 0.1) is 0 Å². The topological polar surface area (TPSA) is 21.1 Å². The zero-order valence-electron chi connectivity index (χ0n) is 11.2. The normalized spacial score (nSPS) is 16.9. The maximum absolute atomic E-state index is 6.05. The Morgan fingerprint density at radius 2 is 2.05 bits per heavy atom. The van der Waals surface area contributed by atoms with E-state index in [2.05, 4.69) is 36.4 Å². The number of alkyl halides is 1. The van der Waals surface area contributed by atoms with Crippen molar-refractivity contribution in [2.75, 3.05) is 31.1 Å². The first-order chi connectivity index (χ1) is 9.78. The lowest BCUT2D eigenvalue weighted by atomic mass is 10.3. The second-order valence-electron chi connectivity index (χ2n) is 4.90. The lowest BCUT2D eigenvalue weighted by Gasteiger charge is -2.26. The van der Waals surface area contributed by atoms with Gasteiger partial charge in [-0.25, -0.2) is 4.98 Å². The number of halogens is 2. The van der Waals surface area contributed by atoms with Gasteiger partial charge in [0.1, 0.15) is 5.82 Å². The molecule has 1 aliphatic heterocycles. The Morgan fingerprint density at radius 3 is 2.80 bits per heavy atom. The highest BCUT2D eigenvalue weighted by atomic mass is 79.9. The van der Waals surface area contributed by atoms with Crippen molar-refractivity contribution in [1.29, 1.82) is 0 Å². The first-order valence-corrected chi connectivity index (χ1v) is 9.27. The summed E-state index contributed by atoms with van der Waals surface area (Å²) < 4.78 is 3.34. The predicted octanol–water partition coefficient (Wildman–Crippen LogP) is 3.59. The van der Waals surface area contributed by atoms with Gasteiger partial charge in [0.25, 0.3) is 0 Å². The minimum absolute atomic E-state index is 0.460. The molecular formula is C14H17BrClN3S. The molecule has 0 bridgehead atoms. The summed E-state index contributed by atoms with van der Waals surface area (Å²) in [6, 6.07) is 6.20. The summed E-state index contributed by atoms with van der Waals surface area (Å²) >= 11 is 11.6. The molecule has 0 unspecified atom stereocenters. The molecule has 0 N–H and O–H groups in total. The van der Waals surface area contributed by atoms with E-state index in [0.29, 0.717) is 5.88 Å². The summed E-state index contributed by atoms with van der Waals surface area (Å²) in [5.74, 6) is 3.92. The minimum atomic E-state index is 0.460. The van der Waals surface area contributed by atoms with Gasteiger partial charge in [-0.05, 0) is 18.2 Å². The molecule has 0 amide bonds. The van der Waals surface area contributed by atoms with Crippen LogP contribution >= 0.6 is 39.3 Å². The van der Waals surface area contributed by atoms with Crippen LogP contribution in [0.25, 0.3) is 11.0 Å². The maximum Gasteiger partial charge on any atom is 0.124 e. The second kappa shape index (κ2) is 6.69. The highest BCUT2D eigenvalue weighted by Gasteiger charge is 2.14. The van der Waals surface area contributed by atoms with Crippen molar-refractivity contribution < 1.29 is 0 Å². The van der Waals surface area contributed by atoms with Crippen LogP contribution in [0.15, 0.2) is 22.7 Å².